The molecule has 2 N–H and O–H groups in total. The van der Waals surface area contributed by atoms with Crippen molar-refractivity contribution >= 4 is 28.1 Å². The minimum Gasteiger partial charge on any atom is -0.497 e. The summed E-state index contributed by atoms with van der Waals surface area (Å²) >= 11 is 0. The van der Waals surface area contributed by atoms with Crippen LogP contribution in [0.15, 0.2) is 60.7 Å². The van der Waals surface area contributed by atoms with E-state index in [4.69, 9.17) is 10.1 Å². The number of hydrogen-bond donors (Lipinski definition) is 2. The van der Waals surface area contributed by atoms with Gasteiger partial charge in [0.2, 0.25) is 0 Å². The van der Waals surface area contributed by atoms with Gasteiger partial charge in [-0.05, 0) is 46.7 Å². The molecule has 1 aliphatic rings. The van der Waals surface area contributed by atoms with Gasteiger partial charge in [0.05, 0.1) is 7.11 Å². The van der Waals surface area contributed by atoms with Crippen LogP contribution in [0.5, 0.6) is 5.75 Å². The highest BCUT2D eigenvalue weighted by atomic mass is 16.5. The molecule has 0 saturated carbocycles. The number of hydrogen-bond acceptors (Lipinski definition) is 2. The molecule has 1 aliphatic heterocycles. The van der Waals surface area contributed by atoms with Crippen molar-refractivity contribution in [3.8, 4) is 5.75 Å². The summed E-state index contributed by atoms with van der Waals surface area (Å²) in [5, 5.41) is 14.3. The monoisotopic (exact) mass is 331 g/mol. The van der Waals surface area contributed by atoms with Crippen LogP contribution in [-0.2, 0) is 0 Å². The molecule has 0 spiro atoms. The Bertz CT molecular complexity index is 934. The van der Waals surface area contributed by atoms with Crippen molar-refractivity contribution in [2.24, 2.45) is 0 Å². The molecule has 0 aromatic heterocycles. The summed E-state index contributed by atoms with van der Waals surface area (Å²) in [4.78, 5) is 2.05. The van der Waals surface area contributed by atoms with E-state index >= 15 is 0 Å². The Hall–Kier alpha value is -3.01. The average molecular weight is 331 g/mol. The number of ether oxygens (including phenoxy) is 1. The van der Waals surface area contributed by atoms with Gasteiger partial charge in [-0.25, -0.2) is 0 Å². The van der Waals surface area contributed by atoms with Gasteiger partial charge in [0.1, 0.15) is 5.75 Å². The van der Waals surface area contributed by atoms with Crippen LogP contribution in [0.25, 0.3) is 10.8 Å². The molecule has 0 amide bonds. The highest BCUT2D eigenvalue weighted by molar-refractivity contribution is 6.07. The zero-order valence-corrected chi connectivity index (χ0v) is 14.4. The fraction of sp³-hybridized carbons (Fsp3) is 0.190. The van der Waals surface area contributed by atoms with Gasteiger partial charge in [-0.15, -0.1) is 0 Å². The molecular weight excluding hydrogens is 310 g/mol. The molecule has 126 valence electrons. The zero-order valence-electron chi connectivity index (χ0n) is 14.4. The molecular formula is C21H21N3O. The normalized spacial score (nSPS) is 15.9. The Kier molecular flexibility index (Phi) is 3.80. The van der Waals surface area contributed by atoms with Crippen molar-refractivity contribution in [2.45, 2.75) is 12.8 Å². The minimum absolute atomic E-state index is 0.388. The summed E-state index contributed by atoms with van der Waals surface area (Å²) in [6.07, 6.45) is 0. The van der Waals surface area contributed by atoms with Gasteiger partial charge in [0, 0.05) is 23.8 Å². The van der Waals surface area contributed by atoms with Crippen molar-refractivity contribution in [1.82, 2.24) is 0 Å². The quantitative estimate of drug-likeness (QED) is 0.523. The molecule has 25 heavy (non-hydrogen) atoms. The third kappa shape index (κ3) is 2.70. The van der Waals surface area contributed by atoms with Gasteiger partial charge in [-0.1, -0.05) is 37.3 Å². The fourth-order valence-corrected chi connectivity index (χ4v) is 3.59. The third-order valence-corrected chi connectivity index (χ3v) is 4.81. The van der Waals surface area contributed by atoms with E-state index in [1.54, 1.807) is 7.11 Å². The molecule has 0 saturated heterocycles. The summed E-state index contributed by atoms with van der Waals surface area (Å²) in [5.74, 6) is 1.59. The first-order valence-corrected chi connectivity index (χ1v) is 8.46. The summed E-state index contributed by atoms with van der Waals surface area (Å²) in [7, 11) is 1.65. The number of benzene rings is 3. The van der Waals surface area contributed by atoms with Crippen LogP contribution in [0, 0.1) is 5.41 Å². The second-order valence-electron chi connectivity index (χ2n) is 6.43. The van der Waals surface area contributed by atoms with E-state index < -0.39 is 0 Å². The van der Waals surface area contributed by atoms with Gasteiger partial charge in [0.25, 0.3) is 0 Å². The smallest absolute Gasteiger partial charge is 0.200 e. The lowest BCUT2D eigenvalue weighted by Gasteiger charge is -2.21. The lowest BCUT2D eigenvalue weighted by molar-refractivity contribution is 0.415. The molecule has 4 rings (SSSR count). The van der Waals surface area contributed by atoms with E-state index in [9.17, 15) is 0 Å². The first kappa shape index (κ1) is 15.5. The zero-order chi connectivity index (χ0) is 17.4. The maximum Gasteiger partial charge on any atom is 0.200 e. The van der Waals surface area contributed by atoms with Gasteiger partial charge in [0.15, 0.2) is 5.96 Å². The predicted molar refractivity (Wildman–Crippen MR) is 104 cm³/mol. The molecule has 0 bridgehead atoms. The van der Waals surface area contributed by atoms with Gasteiger partial charge < -0.3 is 15.0 Å². The number of rotatable bonds is 2. The minimum atomic E-state index is 0.388. The maximum absolute atomic E-state index is 8.53. The van der Waals surface area contributed by atoms with Gasteiger partial charge in [-0.3, -0.25) is 5.41 Å². The molecule has 3 aromatic rings. The first-order valence-electron chi connectivity index (χ1n) is 8.46. The van der Waals surface area contributed by atoms with E-state index in [2.05, 4.69) is 53.5 Å². The van der Waals surface area contributed by atoms with Crippen LogP contribution < -0.4 is 15.0 Å². The van der Waals surface area contributed by atoms with E-state index in [0.717, 1.165) is 23.7 Å². The Morgan fingerprint density at radius 1 is 1.08 bits per heavy atom. The van der Waals surface area contributed by atoms with Crippen molar-refractivity contribution in [1.29, 1.82) is 5.41 Å². The number of anilines is 2. The van der Waals surface area contributed by atoms with E-state index in [-0.39, 0.29) is 0 Å². The average Bonchev–Trinajstić information content (AvgIpc) is 3.00. The van der Waals surface area contributed by atoms with Crippen LogP contribution in [0.3, 0.4) is 0 Å². The van der Waals surface area contributed by atoms with Crippen LogP contribution in [0.2, 0.25) is 0 Å². The number of fused-ring (bicyclic) bond motifs is 3. The van der Waals surface area contributed by atoms with Gasteiger partial charge in [-0.2, -0.15) is 0 Å². The van der Waals surface area contributed by atoms with Crippen LogP contribution in [0.4, 0.5) is 11.4 Å². The molecule has 4 heteroatoms. The summed E-state index contributed by atoms with van der Waals surface area (Å²) < 4.78 is 5.18. The van der Waals surface area contributed by atoms with Crippen LogP contribution in [0.1, 0.15) is 18.4 Å². The third-order valence-electron chi connectivity index (χ3n) is 4.81. The Labute approximate surface area is 147 Å². The van der Waals surface area contributed by atoms with E-state index in [1.807, 2.05) is 24.3 Å². The number of nitrogens with one attached hydrogen (secondary N) is 2. The van der Waals surface area contributed by atoms with Crippen molar-refractivity contribution in [3.63, 3.8) is 0 Å². The van der Waals surface area contributed by atoms with Gasteiger partial charge >= 0.3 is 0 Å². The summed E-state index contributed by atoms with van der Waals surface area (Å²) in [6, 6.07) is 20.4. The lowest BCUT2D eigenvalue weighted by Crippen LogP contribution is -2.34. The predicted octanol–water partition coefficient (Wildman–Crippen LogP) is 4.82. The summed E-state index contributed by atoms with van der Waals surface area (Å²) in [6.45, 7) is 3.04. The topological polar surface area (TPSA) is 48.4 Å². The van der Waals surface area contributed by atoms with Crippen molar-refractivity contribution < 1.29 is 4.74 Å². The largest absolute Gasteiger partial charge is 0.497 e. The number of methoxy groups -OCH3 is 1. The molecule has 0 radical (unpaired) electrons. The Balaban J connectivity index is 1.64. The standard InChI is InChI=1S/C21H21N3O/c1-14-13-24(21(22)23-16-8-10-17(25-2)11-9-16)19-12-7-15-5-3-4-6-18(15)20(14)19/h3-12,14H,13H2,1-2H3,(H2,22,23). The molecule has 1 atom stereocenters. The van der Waals surface area contributed by atoms with Crippen molar-refractivity contribution in [3.05, 3.63) is 66.2 Å². The molecule has 3 aromatic carbocycles. The van der Waals surface area contributed by atoms with Crippen LogP contribution in [-0.4, -0.2) is 19.6 Å². The fourth-order valence-electron chi connectivity index (χ4n) is 3.59. The SMILES string of the molecule is COc1ccc(NC(=N)N2CC(C)c3c2ccc2ccccc32)cc1. The molecule has 0 fully saturated rings. The molecule has 1 heterocycles. The second kappa shape index (κ2) is 6.13. The van der Waals surface area contributed by atoms with E-state index in [0.29, 0.717) is 11.9 Å². The maximum atomic E-state index is 8.53. The van der Waals surface area contributed by atoms with Crippen molar-refractivity contribution in [2.75, 3.05) is 23.9 Å². The number of nitrogens with zero attached hydrogens (tertiary/aromatic N) is 1. The second-order valence-corrected chi connectivity index (χ2v) is 6.43. The van der Waals surface area contributed by atoms with E-state index in [1.165, 1.54) is 16.3 Å². The lowest BCUT2D eigenvalue weighted by atomic mass is 9.96. The first-order chi connectivity index (χ1) is 12.2. The molecule has 4 nitrogen and oxygen atoms in total. The number of guanidine groups is 1. The Morgan fingerprint density at radius 2 is 1.84 bits per heavy atom. The highest BCUT2D eigenvalue weighted by Gasteiger charge is 2.29. The highest BCUT2D eigenvalue weighted by Crippen LogP contribution is 2.41. The summed E-state index contributed by atoms with van der Waals surface area (Å²) in [5.41, 5.74) is 3.34. The van der Waals surface area contributed by atoms with Crippen LogP contribution >= 0.6 is 0 Å². The molecule has 1 unspecified atom stereocenters. The molecule has 0 aliphatic carbocycles. The Morgan fingerprint density at radius 3 is 2.60 bits per heavy atom.